The molecule has 3 rings (SSSR count). The minimum atomic E-state index is -0.566. The van der Waals surface area contributed by atoms with Gasteiger partial charge in [0.15, 0.2) is 5.17 Å². The van der Waals surface area contributed by atoms with Gasteiger partial charge < -0.3 is 5.32 Å². The lowest BCUT2D eigenvalue weighted by molar-refractivity contribution is -0.127. The third-order valence-electron chi connectivity index (χ3n) is 4.38. The molecule has 2 aromatic rings. The predicted octanol–water partition coefficient (Wildman–Crippen LogP) is 4.69. The Bertz CT molecular complexity index is 960. The Morgan fingerprint density at radius 2 is 1.96 bits per heavy atom. The van der Waals surface area contributed by atoms with Crippen LogP contribution in [0.15, 0.2) is 41.4 Å². The molecule has 2 amide bonds. The molecule has 1 aliphatic heterocycles. The number of nitrogens with one attached hydrogen (secondary N) is 1. The van der Waals surface area contributed by atoms with Crippen molar-refractivity contribution >= 4 is 51.7 Å². The highest BCUT2D eigenvalue weighted by molar-refractivity contribution is 8.15. The first-order valence-corrected chi connectivity index (χ1v) is 9.86. The maximum atomic E-state index is 13.3. The van der Waals surface area contributed by atoms with Crippen molar-refractivity contribution in [2.24, 2.45) is 4.99 Å². The second-order valence-electron chi connectivity index (χ2n) is 6.52. The molecular formula is C20H19ClFN3O2S. The standard InChI is InChI=1S/C20H19ClFN3O2S/c1-11-5-4-6-12(2)18(11)24-17(26)10-16-19(27)25(3)20(28-16)23-13-7-8-15(22)14(21)9-13/h4-9,16H,10H2,1-3H3,(H,24,26). The maximum absolute atomic E-state index is 13.3. The van der Waals surface area contributed by atoms with Crippen LogP contribution in [-0.2, 0) is 9.59 Å². The first-order valence-electron chi connectivity index (χ1n) is 8.60. The van der Waals surface area contributed by atoms with Crippen LogP contribution in [0.3, 0.4) is 0 Å². The zero-order valence-corrected chi connectivity index (χ0v) is 17.2. The van der Waals surface area contributed by atoms with Crippen LogP contribution in [0.5, 0.6) is 0 Å². The highest BCUT2D eigenvalue weighted by atomic mass is 35.5. The molecule has 0 saturated carbocycles. The van der Waals surface area contributed by atoms with Crippen LogP contribution in [0.2, 0.25) is 5.02 Å². The molecule has 28 heavy (non-hydrogen) atoms. The highest BCUT2D eigenvalue weighted by Gasteiger charge is 2.37. The molecule has 2 aromatic carbocycles. The Morgan fingerprint density at radius 1 is 1.29 bits per heavy atom. The molecule has 8 heteroatoms. The lowest BCUT2D eigenvalue weighted by Crippen LogP contribution is -2.30. The fourth-order valence-corrected chi connectivity index (χ4v) is 4.16. The van der Waals surface area contributed by atoms with Crippen molar-refractivity contribution in [2.45, 2.75) is 25.5 Å². The number of para-hydroxylation sites is 1. The SMILES string of the molecule is Cc1cccc(C)c1NC(=O)CC1SC(=Nc2ccc(F)c(Cl)c2)N(C)C1=O. The second-order valence-corrected chi connectivity index (χ2v) is 8.09. The molecule has 1 N–H and O–H groups in total. The zero-order chi connectivity index (χ0) is 20.4. The van der Waals surface area contributed by atoms with E-state index < -0.39 is 11.1 Å². The Balaban J connectivity index is 1.72. The summed E-state index contributed by atoms with van der Waals surface area (Å²) in [6, 6.07) is 9.86. The lowest BCUT2D eigenvalue weighted by Gasteiger charge is -2.12. The van der Waals surface area contributed by atoms with Gasteiger partial charge in [-0.3, -0.25) is 14.5 Å². The summed E-state index contributed by atoms with van der Waals surface area (Å²) in [6.07, 6.45) is 0.0325. The van der Waals surface area contributed by atoms with Crippen molar-refractivity contribution in [1.29, 1.82) is 0 Å². The summed E-state index contributed by atoms with van der Waals surface area (Å²) in [6.45, 7) is 3.84. The normalized spacial score (nSPS) is 18.0. The van der Waals surface area contributed by atoms with Gasteiger partial charge in [-0.2, -0.15) is 0 Å². The monoisotopic (exact) mass is 419 g/mol. The van der Waals surface area contributed by atoms with Crippen molar-refractivity contribution in [3.8, 4) is 0 Å². The number of amides is 2. The number of nitrogens with zero attached hydrogens (tertiary/aromatic N) is 2. The molecule has 1 heterocycles. The van der Waals surface area contributed by atoms with E-state index in [0.29, 0.717) is 10.9 Å². The minimum absolute atomic E-state index is 0.0325. The van der Waals surface area contributed by atoms with Gasteiger partial charge in [0.25, 0.3) is 0 Å². The summed E-state index contributed by atoms with van der Waals surface area (Å²) in [5.74, 6) is -0.966. The number of aryl methyl sites for hydroxylation is 2. The number of carbonyl (C=O) groups is 2. The maximum Gasteiger partial charge on any atom is 0.242 e. The average molecular weight is 420 g/mol. The molecule has 0 spiro atoms. The molecule has 1 atom stereocenters. The Morgan fingerprint density at radius 3 is 2.61 bits per heavy atom. The van der Waals surface area contributed by atoms with E-state index in [1.54, 1.807) is 7.05 Å². The van der Waals surface area contributed by atoms with Crippen molar-refractivity contribution < 1.29 is 14.0 Å². The number of anilines is 1. The molecular weight excluding hydrogens is 401 g/mol. The quantitative estimate of drug-likeness (QED) is 0.782. The van der Waals surface area contributed by atoms with E-state index in [9.17, 15) is 14.0 Å². The molecule has 1 saturated heterocycles. The molecule has 0 radical (unpaired) electrons. The van der Waals surface area contributed by atoms with E-state index in [1.165, 1.54) is 34.9 Å². The average Bonchev–Trinajstić information content (AvgIpc) is 2.89. The van der Waals surface area contributed by atoms with Gasteiger partial charge in [0.05, 0.1) is 10.7 Å². The van der Waals surface area contributed by atoms with Gasteiger partial charge >= 0.3 is 0 Å². The zero-order valence-electron chi connectivity index (χ0n) is 15.6. The Hall–Kier alpha value is -2.38. The summed E-state index contributed by atoms with van der Waals surface area (Å²) < 4.78 is 13.3. The summed E-state index contributed by atoms with van der Waals surface area (Å²) in [5.41, 5.74) is 3.14. The molecule has 1 aliphatic rings. The van der Waals surface area contributed by atoms with Crippen LogP contribution in [0, 0.1) is 19.7 Å². The topological polar surface area (TPSA) is 61.8 Å². The van der Waals surface area contributed by atoms with Crippen LogP contribution < -0.4 is 5.32 Å². The number of hydrogen-bond acceptors (Lipinski definition) is 4. The van der Waals surface area contributed by atoms with Gasteiger partial charge in [-0.15, -0.1) is 0 Å². The predicted molar refractivity (Wildman–Crippen MR) is 112 cm³/mol. The van der Waals surface area contributed by atoms with E-state index in [2.05, 4.69) is 10.3 Å². The van der Waals surface area contributed by atoms with Crippen LogP contribution in [0.1, 0.15) is 17.5 Å². The number of hydrogen-bond donors (Lipinski definition) is 1. The first-order chi connectivity index (χ1) is 13.3. The van der Waals surface area contributed by atoms with Crippen LogP contribution in [0.4, 0.5) is 15.8 Å². The number of aliphatic imine (C=N–C) groups is 1. The molecule has 0 bridgehead atoms. The van der Waals surface area contributed by atoms with Gasteiger partial charge in [0, 0.05) is 19.2 Å². The van der Waals surface area contributed by atoms with E-state index in [-0.39, 0.29) is 23.3 Å². The van der Waals surface area contributed by atoms with E-state index in [4.69, 9.17) is 11.6 Å². The smallest absolute Gasteiger partial charge is 0.242 e. The van der Waals surface area contributed by atoms with Crippen molar-refractivity contribution in [3.63, 3.8) is 0 Å². The van der Waals surface area contributed by atoms with Gasteiger partial charge in [-0.25, -0.2) is 9.38 Å². The number of benzene rings is 2. The van der Waals surface area contributed by atoms with E-state index >= 15 is 0 Å². The Labute approximate surface area is 172 Å². The van der Waals surface area contributed by atoms with Gasteiger partial charge in [0.1, 0.15) is 11.1 Å². The number of carbonyl (C=O) groups excluding carboxylic acids is 2. The molecule has 146 valence electrons. The molecule has 0 aromatic heterocycles. The third kappa shape index (κ3) is 4.36. The van der Waals surface area contributed by atoms with Crippen molar-refractivity contribution in [3.05, 3.63) is 58.4 Å². The van der Waals surface area contributed by atoms with Gasteiger partial charge in [-0.05, 0) is 43.2 Å². The van der Waals surface area contributed by atoms with E-state index in [1.807, 2.05) is 32.0 Å². The molecule has 5 nitrogen and oxygen atoms in total. The summed E-state index contributed by atoms with van der Waals surface area (Å²) in [4.78, 5) is 30.7. The van der Waals surface area contributed by atoms with Gasteiger partial charge in [0.2, 0.25) is 11.8 Å². The van der Waals surface area contributed by atoms with Crippen molar-refractivity contribution in [1.82, 2.24) is 4.90 Å². The molecule has 0 aliphatic carbocycles. The molecule has 1 unspecified atom stereocenters. The number of rotatable bonds is 4. The second kappa shape index (κ2) is 8.32. The van der Waals surface area contributed by atoms with Crippen LogP contribution >= 0.6 is 23.4 Å². The molecule has 1 fully saturated rings. The van der Waals surface area contributed by atoms with Crippen molar-refractivity contribution in [2.75, 3.05) is 12.4 Å². The lowest BCUT2D eigenvalue weighted by atomic mass is 10.1. The van der Waals surface area contributed by atoms with E-state index in [0.717, 1.165) is 16.8 Å². The number of amidine groups is 1. The Kier molecular flexibility index (Phi) is 6.05. The van der Waals surface area contributed by atoms with Crippen LogP contribution in [0.25, 0.3) is 0 Å². The van der Waals surface area contributed by atoms with Crippen LogP contribution in [-0.4, -0.2) is 34.2 Å². The largest absolute Gasteiger partial charge is 0.326 e. The minimum Gasteiger partial charge on any atom is -0.326 e. The summed E-state index contributed by atoms with van der Waals surface area (Å²) in [5, 5.41) is 2.73. The number of halogens is 2. The summed E-state index contributed by atoms with van der Waals surface area (Å²) in [7, 11) is 1.60. The number of thioether (sulfide) groups is 1. The fraction of sp³-hybridized carbons (Fsp3) is 0.250. The fourth-order valence-electron chi connectivity index (χ4n) is 2.83. The van der Waals surface area contributed by atoms with Gasteiger partial charge in [-0.1, -0.05) is 41.6 Å². The first kappa shape index (κ1) is 20.4. The summed E-state index contributed by atoms with van der Waals surface area (Å²) >= 11 is 6.99. The highest BCUT2D eigenvalue weighted by Crippen LogP contribution is 2.32. The third-order valence-corrected chi connectivity index (χ3v) is 5.90.